The van der Waals surface area contributed by atoms with Crippen LogP contribution in [0.15, 0.2) is 31.1 Å². The van der Waals surface area contributed by atoms with Crippen LogP contribution in [0.2, 0.25) is 0 Å². The first-order chi connectivity index (χ1) is 8.24. The van der Waals surface area contributed by atoms with Crippen LogP contribution in [0.4, 0.5) is 11.8 Å². The van der Waals surface area contributed by atoms with E-state index in [1.54, 1.807) is 18.0 Å². The van der Waals surface area contributed by atoms with Crippen LogP contribution in [0.25, 0.3) is 0 Å². The molecular weight excluding hydrogens is 218 g/mol. The second-order valence-electron chi connectivity index (χ2n) is 3.51. The number of ether oxygens (including phenoxy) is 1. The quantitative estimate of drug-likeness (QED) is 0.796. The van der Waals surface area contributed by atoms with E-state index >= 15 is 0 Å². The van der Waals surface area contributed by atoms with Crippen molar-refractivity contribution in [3.05, 3.63) is 31.1 Å². The summed E-state index contributed by atoms with van der Waals surface area (Å²) in [6.07, 6.45) is 5.42. The molecule has 0 aliphatic heterocycles. The standard InChI is InChI=1S/C11H15N5O/c1-4-6-16-7-5-12-11(16)13-9-8-10(17-3)15(2)14-9/h4-5,7-8H,1,6H2,2-3H3,(H,12,13,14). The largest absolute Gasteiger partial charge is 0.481 e. The van der Waals surface area contributed by atoms with Gasteiger partial charge in [-0.25, -0.2) is 9.67 Å². The molecule has 1 N–H and O–H groups in total. The molecule has 0 aromatic carbocycles. The van der Waals surface area contributed by atoms with E-state index < -0.39 is 0 Å². The zero-order valence-corrected chi connectivity index (χ0v) is 9.92. The van der Waals surface area contributed by atoms with Crippen LogP contribution < -0.4 is 10.1 Å². The van der Waals surface area contributed by atoms with Gasteiger partial charge in [-0.2, -0.15) is 5.10 Å². The number of hydrogen-bond acceptors (Lipinski definition) is 4. The summed E-state index contributed by atoms with van der Waals surface area (Å²) >= 11 is 0. The second-order valence-corrected chi connectivity index (χ2v) is 3.51. The normalized spacial score (nSPS) is 10.2. The smallest absolute Gasteiger partial charge is 0.213 e. The van der Waals surface area contributed by atoms with Crippen molar-refractivity contribution in [1.29, 1.82) is 0 Å². The minimum absolute atomic E-state index is 0.689. The van der Waals surface area contributed by atoms with E-state index in [2.05, 4.69) is 22.0 Å². The summed E-state index contributed by atoms with van der Waals surface area (Å²) in [7, 11) is 3.43. The van der Waals surface area contributed by atoms with Crippen molar-refractivity contribution >= 4 is 11.8 Å². The first-order valence-corrected chi connectivity index (χ1v) is 5.21. The van der Waals surface area contributed by atoms with E-state index in [9.17, 15) is 0 Å². The maximum atomic E-state index is 5.14. The molecule has 0 spiro atoms. The summed E-state index contributed by atoms with van der Waals surface area (Å²) in [6, 6.07) is 1.81. The van der Waals surface area contributed by atoms with Gasteiger partial charge in [-0.05, 0) is 0 Å². The topological polar surface area (TPSA) is 56.9 Å². The number of methoxy groups -OCH3 is 1. The van der Waals surface area contributed by atoms with Crippen LogP contribution in [0, 0.1) is 0 Å². The summed E-state index contributed by atoms with van der Waals surface area (Å²) in [4.78, 5) is 4.21. The molecule has 90 valence electrons. The van der Waals surface area contributed by atoms with E-state index in [1.807, 2.05) is 30.0 Å². The third-order valence-electron chi connectivity index (χ3n) is 2.33. The predicted octanol–water partition coefficient (Wildman–Crippen LogP) is 1.55. The number of nitrogens with one attached hydrogen (secondary N) is 1. The highest BCUT2D eigenvalue weighted by Crippen LogP contribution is 2.18. The summed E-state index contributed by atoms with van der Waals surface area (Å²) in [5.74, 6) is 2.11. The van der Waals surface area contributed by atoms with Crippen LogP contribution in [-0.2, 0) is 13.6 Å². The van der Waals surface area contributed by atoms with Gasteiger partial charge >= 0.3 is 0 Å². The van der Waals surface area contributed by atoms with Gasteiger partial charge in [0, 0.05) is 32.1 Å². The molecule has 17 heavy (non-hydrogen) atoms. The number of rotatable bonds is 5. The van der Waals surface area contributed by atoms with Crippen LogP contribution in [0.1, 0.15) is 0 Å². The van der Waals surface area contributed by atoms with Crippen molar-refractivity contribution in [2.24, 2.45) is 7.05 Å². The maximum absolute atomic E-state index is 5.14. The molecule has 2 aromatic heterocycles. The number of allylic oxidation sites excluding steroid dienone is 1. The SMILES string of the molecule is C=CCn1ccnc1Nc1cc(OC)n(C)n1. The summed E-state index contributed by atoms with van der Waals surface area (Å²) < 4.78 is 8.73. The fourth-order valence-corrected chi connectivity index (χ4v) is 1.54. The van der Waals surface area contributed by atoms with Gasteiger partial charge in [-0.1, -0.05) is 6.08 Å². The molecular formula is C11H15N5O. The second kappa shape index (κ2) is 4.73. The van der Waals surface area contributed by atoms with E-state index in [-0.39, 0.29) is 0 Å². The van der Waals surface area contributed by atoms with Crippen LogP contribution in [-0.4, -0.2) is 26.4 Å². The molecule has 0 saturated carbocycles. The fraction of sp³-hybridized carbons (Fsp3) is 0.273. The number of hydrogen-bond donors (Lipinski definition) is 1. The third-order valence-corrected chi connectivity index (χ3v) is 2.33. The van der Waals surface area contributed by atoms with Crippen molar-refractivity contribution in [3.8, 4) is 5.88 Å². The third kappa shape index (κ3) is 2.30. The number of anilines is 2. The van der Waals surface area contributed by atoms with Crippen LogP contribution >= 0.6 is 0 Å². The first-order valence-electron chi connectivity index (χ1n) is 5.21. The molecule has 0 saturated heterocycles. The Morgan fingerprint density at radius 3 is 3.06 bits per heavy atom. The van der Waals surface area contributed by atoms with Gasteiger partial charge in [0.2, 0.25) is 11.8 Å². The number of nitrogens with zero attached hydrogens (tertiary/aromatic N) is 4. The molecule has 0 aliphatic carbocycles. The van der Waals surface area contributed by atoms with Crippen molar-refractivity contribution in [2.75, 3.05) is 12.4 Å². The Bertz CT molecular complexity index is 514. The lowest BCUT2D eigenvalue weighted by molar-refractivity contribution is 0.373. The summed E-state index contributed by atoms with van der Waals surface area (Å²) in [6.45, 7) is 4.40. The zero-order valence-electron chi connectivity index (χ0n) is 9.92. The molecule has 0 aliphatic rings. The number of imidazole rings is 1. The molecule has 0 fully saturated rings. The van der Waals surface area contributed by atoms with Crippen molar-refractivity contribution in [1.82, 2.24) is 19.3 Å². The van der Waals surface area contributed by atoms with Gasteiger partial charge in [0.15, 0.2) is 5.82 Å². The molecule has 0 bridgehead atoms. The highest BCUT2D eigenvalue weighted by atomic mass is 16.5. The lowest BCUT2D eigenvalue weighted by atomic mass is 10.6. The van der Waals surface area contributed by atoms with Gasteiger partial charge in [0.05, 0.1) is 7.11 Å². The highest BCUT2D eigenvalue weighted by molar-refractivity contribution is 5.49. The van der Waals surface area contributed by atoms with Gasteiger partial charge in [-0.15, -0.1) is 6.58 Å². The maximum Gasteiger partial charge on any atom is 0.213 e. The Balaban J connectivity index is 2.19. The highest BCUT2D eigenvalue weighted by Gasteiger charge is 2.07. The summed E-state index contributed by atoms with van der Waals surface area (Å²) in [5.41, 5.74) is 0. The number of aryl methyl sites for hydroxylation is 1. The average molecular weight is 233 g/mol. The average Bonchev–Trinajstić information content (AvgIpc) is 2.87. The monoisotopic (exact) mass is 233 g/mol. The minimum atomic E-state index is 0.689. The lowest BCUT2D eigenvalue weighted by Gasteiger charge is -2.04. The zero-order chi connectivity index (χ0) is 12.3. The van der Waals surface area contributed by atoms with Gasteiger partial charge in [-0.3, -0.25) is 0 Å². The molecule has 6 nitrogen and oxygen atoms in total. The lowest BCUT2D eigenvalue weighted by Crippen LogP contribution is -2.02. The van der Waals surface area contributed by atoms with Crippen LogP contribution in [0.5, 0.6) is 5.88 Å². The van der Waals surface area contributed by atoms with Crippen molar-refractivity contribution in [3.63, 3.8) is 0 Å². The van der Waals surface area contributed by atoms with Crippen molar-refractivity contribution < 1.29 is 4.74 Å². The Hall–Kier alpha value is -2.24. The Morgan fingerprint density at radius 1 is 1.59 bits per heavy atom. The van der Waals surface area contributed by atoms with E-state index in [0.717, 1.165) is 5.95 Å². The molecule has 6 heteroatoms. The van der Waals surface area contributed by atoms with Crippen molar-refractivity contribution in [2.45, 2.75) is 6.54 Å². The Kier molecular flexibility index (Phi) is 3.13. The molecule has 0 atom stereocenters. The van der Waals surface area contributed by atoms with Crippen LogP contribution in [0.3, 0.4) is 0 Å². The number of aromatic nitrogens is 4. The minimum Gasteiger partial charge on any atom is -0.481 e. The molecule has 2 aromatic rings. The Labute approximate surface area is 99.5 Å². The van der Waals surface area contributed by atoms with Gasteiger partial charge < -0.3 is 14.6 Å². The van der Waals surface area contributed by atoms with E-state index in [4.69, 9.17) is 4.74 Å². The molecule has 0 amide bonds. The fourth-order valence-electron chi connectivity index (χ4n) is 1.54. The summed E-state index contributed by atoms with van der Waals surface area (Å²) in [5, 5.41) is 7.38. The molecule has 0 radical (unpaired) electrons. The predicted molar refractivity (Wildman–Crippen MR) is 65.5 cm³/mol. The molecule has 2 heterocycles. The van der Waals surface area contributed by atoms with Gasteiger partial charge in [0.25, 0.3) is 0 Å². The Morgan fingerprint density at radius 2 is 2.41 bits per heavy atom. The molecule has 2 rings (SSSR count). The molecule has 0 unspecified atom stereocenters. The van der Waals surface area contributed by atoms with E-state index in [0.29, 0.717) is 18.2 Å². The van der Waals surface area contributed by atoms with Gasteiger partial charge in [0.1, 0.15) is 0 Å². The first kappa shape index (κ1) is 11.3. The van der Waals surface area contributed by atoms with E-state index in [1.165, 1.54) is 0 Å².